The van der Waals surface area contributed by atoms with Crippen molar-refractivity contribution in [3.05, 3.63) is 48.4 Å². The molecule has 0 aliphatic heterocycles. The lowest BCUT2D eigenvalue weighted by Crippen LogP contribution is -2.47. The van der Waals surface area contributed by atoms with Crippen LogP contribution in [-0.4, -0.2) is 16.8 Å². The maximum atomic E-state index is 9.73. The lowest BCUT2D eigenvalue weighted by molar-refractivity contribution is 0.419. The van der Waals surface area contributed by atoms with Crippen LogP contribution < -0.4 is 5.32 Å². The fourth-order valence-corrected chi connectivity index (χ4v) is 2.92. The summed E-state index contributed by atoms with van der Waals surface area (Å²) in [5, 5.41) is 13.7. The summed E-state index contributed by atoms with van der Waals surface area (Å²) in [6.07, 6.45) is 3.14. The average Bonchev–Trinajstić information content (AvgIpc) is 2.97. The minimum absolute atomic E-state index is 0.194. The second-order valence-corrected chi connectivity index (χ2v) is 5.70. The van der Waals surface area contributed by atoms with Crippen molar-refractivity contribution in [2.75, 3.05) is 5.75 Å². The summed E-state index contributed by atoms with van der Waals surface area (Å²) in [6.45, 7) is 4.07. The highest BCUT2D eigenvalue weighted by atomic mass is 32.2. The molecule has 0 saturated heterocycles. The molecule has 1 unspecified atom stereocenters. The van der Waals surface area contributed by atoms with Gasteiger partial charge in [-0.05, 0) is 19.4 Å². The predicted octanol–water partition coefficient (Wildman–Crippen LogP) is 3.18. The number of nitrogens with one attached hydrogen (secondary N) is 1. The van der Waals surface area contributed by atoms with Gasteiger partial charge in [0.1, 0.15) is 11.8 Å². The van der Waals surface area contributed by atoms with Crippen LogP contribution in [0.15, 0.2) is 52.4 Å². The molecule has 1 aromatic carbocycles. The van der Waals surface area contributed by atoms with Crippen LogP contribution >= 0.6 is 11.8 Å². The highest BCUT2D eigenvalue weighted by Gasteiger charge is 2.33. The molecule has 5 heteroatoms. The fourth-order valence-electron chi connectivity index (χ4n) is 2.00. The molecule has 1 heterocycles. The highest BCUT2D eigenvalue weighted by molar-refractivity contribution is 7.99. The lowest BCUT2D eigenvalue weighted by atomic mass is 9.92. The van der Waals surface area contributed by atoms with E-state index in [0.717, 1.165) is 5.56 Å². The van der Waals surface area contributed by atoms with Crippen molar-refractivity contribution >= 4 is 11.8 Å². The number of hydrogen-bond donors (Lipinski definition) is 1. The van der Waals surface area contributed by atoms with E-state index in [-0.39, 0.29) is 6.04 Å². The Balaban J connectivity index is 2.25. The fraction of sp³-hybridized carbons (Fsp3) is 0.333. The number of rotatable bonds is 6. The first-order valence-electron chi connectivity index (χ1n) is 6.43. The first kappa shape index (κ1) is 14.6. The van der Waals surface area contributed by atoms with E-state index in [1.54, 1.807) is 6.20 Å². The molecule has 0 fully saturated rings. The second-order valence-electron chi connectivity index (χ2n) is 4.77. The molecule has 1 aromatic heterocycles. The van der Waals surface area contributed by atoms with Crippen molar-refractivity contribution in [3.8, 4) is 6.07 Å². The maximum absolute atomic E-state index is 9.73. The topological polar surface area (TPSA) is 61.9 Å². The number of aromatic nitrogens is 1. The second kappa shape index (κ2) is 6.60. The monoisotopic (exact) mass is 287 g/mol. The molecule has 1 atom stereocenters. The largest absolute Gasteiger partial charge is 0.440 e. The van der Waals surface area contributed by atoms with Crippen LogP contribution in [0.2, 0.25) is 0 Å². The van der Waals surface area contributed by atoms with Gasteiger partial charge in [-0.25, -0.2) is 4.98 Å². The zero-order valence-electron chi connectivity index (χ0n) is 11.5. The van der Waals surface area contributed by atoms with Gasteiger partial charge >= 0.3 is 0 Å². The molecule has 0 amide bonds. The van der Waals surface area contributed by atoms with E-state index in [0.29, 0.717) is 11.0 Å². The van der Waals surface area contributed by atoms with E-state index < -0.39 is 5.54 Å². The van der Waals surface area contributed by atoms with Gasteiger partial charge < -0.3 is 4.42 Å². The van der Waals surface area contributed by atoms with Crippen LogP contribution in [-0.2, 0) is 5.54 Å². The summed E-state index contributed by atoms with van der Waals surface area (Å²) in [5.41, 5.74) is 0.199. The summed E-state index contributed by atoms with van der Waals surface area (Å²) in [4.78, 5) is 4.09. The number of nitrogens with zero attached hydrogens (tertiary/aromatic N) is 2. The van der Waals surface area contributed by atoms with Crippen LogP contribution in [0.1, 0.15) is 19.4 Å². The summed E-state index contributed by atoms with van der Waals surface area (Å²) >= 11 is 1.43. The smallest absolute Gasteiger partial charge is 0.255 e. The Morgan fingerprint density at radius 2 is 2.15 bits per heavy atom. The van der Waals surface area contributed by atoms with E-state index in [9.17, 15) is 5.26 Å². The Bertz CT molecular complexity index is 563. The molecule has 1 N–H and O–H groups in total. The number of hydrogen-bond acceptors (Lipinski definition) is 5. The van der Waals surface area contributed by atoms with Gasteiger partial charge in [-0.3, -0.25) is 5.32 Å². The molecule has 0 aliphatic carbocycles. The molecule has 2 aromatic rings. The minimum Gasteiger partial charge on any atom is -0.440 e. The molecule has 0 radical (unpaired) electrons. The predicted molar refractivity (Wildman–Crippen MR) is 79.2 cm³/mol. The van der Waals surface area contributed by atoms with Crippen LogP contribution in [0.25, 0.3) is 0 Å². The Morgan fingerprint density at radius 1 is 1.40 bits per heavy atom. The molecule has 0 aliphatic rings. The van der Waals surface area contributed by atoms with Crippen LogP contribution in [0.5, 0.6) is 0 Å². The molecule has 20 heavy (non-hydrogen) atoms. The van der Waals surface area contributed by atoms with Crippen LogP contribution in [0, 0.1) is 11.3 Å². The minimum atomic E-state index is -0.755. The molecule has 0 bridgehead atoms. The third kappa shape index (κ3) is 3.41. The van der Waals surface area contributed by atoms with Crippen LogP contribution in [0.4, 0.5) is 0 Å². The van der Waals surface area contributed by atoms with Crippen molar-refractivity contribution in [1.82, 2.24) is 10.3 Å². The van der Waals surface area contributed by atoms with Crippen molar-refractivity contribution < 1.29 is 4.42 Å². The Kier molecular flexibility index (Phi) is 4.83. The number of nitriles is 1. The number of thioether (sulfide) groups is 1. The molecule has 4 nitrogen and oxygen atoms in total. The number of oxazole rings is 1. The standard InChI is InChI=1S/C15H17N3OS/c1-12(2)18-15(10-16,13-6-4-3-5-7-13)11-20-14-17-8-9-19-14/h3-9,12,18H,11H2,1-2H3. The van der Waals surface area contributed by atoms with Crippen molar-refractivity contribution in [3.63, 3.8) is 0 Å². The SMILES string of the molecule is CC(C)NC(C#N)(CSc1ncco1)c1ccccc1. The highest BCUT2D eigenvalue weighted by Crippen LogP contribution is 2.29. The molecule has 0 saturated carbocycles. The Morgan fingerprint density at radius 3 is 2.70 bits per heavy atom. The molecule has 0 spiro atoms. The number of benzene rings is 1. The third-order valence-corrected chi connectivity index (χ3v) is 3.84. The summed E-state index contributed by atoms with van der Waals surface area (Å²) in [6, 6.07) is 12.4. The molecular weight excluding hydrogens is 270 g/mol. The van der Waals surface area contributed by atoms with Gasteiger partial charge in [0.25, 0.3) is 5.22 Å². The Hall–Kier alpha value is -1.77. The maximum Gasteiger partial charge on any atom is 0.255 e. The molecule has 104 valence electrons. The van der Waals surface area contributed by atoms with E-state index in [2.05, 4.69) is 16.4 Å². The van der Waals surface area contributed by atoms with E-state index >= 15 is 0 Å². The van der Waals surface area contributed by atoms with Crippen molar-refractivity contribution in [2.24, 2.45) is 0 Å². The lowest BCUT2D eigenvalue weighted by Gasteiger charge is -2.30. The van der Waals surface area contributed by atoms with Crippen LogP contribution in [0.3, 0.4) is 0 Å². The van der Waals surface area contributed by atoms with E-state index in [1.807, 2.05) is 44.2 Å². The van der Waals surface area contributed by atoms with Gasteiger partial charge in [0.2, 0.25) is 0 Å². The normalized spacial score (nSPS) is 13.9. The van der Waals surface area contributed by atoms with Crippen molar-refractivity contribution in [2.45, 2.75) is 30.7 Å². The van der Waals surface area contributed by atoms with E-state index in [1.165, 1.54) is 18.0 Å². The summed E-state index contributed by atoms with van der Waals surface area (Å²) in [7, 11) is 0. The van der Waals surface area contributed by atoms with Gasteiger partial charge in [0.15, 0.2) is 0 Å². The quantitative estimate of drug-likeness (QED) is 0.827. The van der Waals surface area contributed by atoms with E-state index in [4.69, 9.17) is 4.42 Å². The first-order chi connectivity index (χ1) is 9.66. The summed E-state index contributed by atoms with van der Waals surface area (Å²) in [5.74, 6) is 0.534. The van der Waals surface area contributed by atoms with Gasteiger partial charge in [-0.15, -0.1) is 0 Å². The van der Waals surface area contributed by atoms with Gasteiger partial charge in [0.05, 0.1) is 12.3 Å². The zero-order valence-corrected chi connectivity index (χ0v) is 12.4. The molecular formula is C15H17N3OS. The average molecular weight is 287 g/mol. The molecule has 2 rings (SSSR count). The zero-order chi connectivity index (χ0) is 14.4. The Labute approximate surface area is 123 Å². The van der Waals surface area contributed by atoms with Crippen molar-refractivity contribution in [1.29, 1.82) is 5.26 Å². The van der Waals surface area contributed by atoms with Gasteiger partial charge in [-0.1, -0.05) is 42.1 Å². The third-order valence-electron chi connectivity index (χ3n) is 2.81. The van der Waals surface area contributed by atoms with Gasteiger partial charge in [0, 0.05) is 11.8 Å². The summed E-state index contributed by atoms with van der Waals surface area (Å²) < 4.78 is 5.23. The van der Waals surface area contributed by atoms with Gasteiger partial charge in [-0.2, -0.15) is 5.26 Å². The first-order valence-corrected chi connectivity index (χ1v) is 7.41.